The molecule has 5 nitrogen and oxygen atoms in total. The molecule has 0 fully saturated rings. The van der Waals surface area contributed by atoms with Crippen LogP contribution in [0.2, 0.25) is 5.15 Å². The summed E-state index contributed by atoms with van der Waals surface area (Å²) < 4.78 is 0. The molecular formula is C8H7ClN4O. The van der Waals surface area contributed by atoms with Gasteiger partial charge in [0.05, 0.1) is 12.0 Å². The Labute approximate surface area is 85.4 Å². The summed E-state index contributed by atoms with van der Waals surface area (Å²) in [6, 6.07) is 1.47. The average Bonchev–Trinajstić information content (AvgIpc) is 2.10. The number of carbonyl (C=O) groups excluding carboxylic acids is 1. The van der Waals surface area contributed by atoms with Crippen molar-refractivity contribution in [3.8, 4) is 11.8 Å². The van der Waals surface area contributed by atoms with Crippen molar-refractivity contribution in [3.63, 3.8) is 0 Å². The fourth-order valence-corrected chi connectivity index (χ4v) is 0.851. The number of anilines is 1. The molecule has 0 aliphatic rings. The molecular weight excluding hydrogens is 204 g/mol. The maximum absolute atomic E-state index is 10.4. The van der Waals surface area contributed by atoms with Gasteiger partial charge >= 0.3 is 0 Å². The molecule has 0 unspecified atom stereocenters. The standard InChI is InChI=1S/C8H7ClN4O/c9-6-4-5(8(11)13-12-6)2-1-3-7(10)14/h4H,3H2,(H2,10,14)(H2,11,13). The number of nitrogens with two attached hydrogens (primary N) is 2. The van der Waals surface area contributed by atoms with Crippen LogP contribution in [0.4, 0.5) is 5.82 Å². The van der Waals surface area contributed by atoms with Crippen molar-refractivity contribution in [2.45, 2.75) is 6.42 Å². The summed E-state index contributed by atoms with van der Waals surface area (Å²) >= 11 is 5.57. The van der Waals surface area contributed by atoms with Crippen LogP contribution in [0.1, 0.15) is 12.0 Å². The van der Waals surface area contributed by atoms with E-state index in [1.54, 1.807) is 0 Å². The van der Waals surface area contributed by atoms with Gasteiger partial charge in [0.2, 0.25) is 5.91 Å². The Morgan fingerprint density at radius 2 is 2.29 bits per heavy atom. The number of aromatic nitrogens is 2. The van der Waals surface area contributed by atoms with Crippen molar-refractivity contribution in [2.75, 3.05) is 5.73 Å². The van der Waals surface area contributed by atoms with Crippen LogP contribution in [-0.2, 0) is 4.79 Å². The van der Waals surface area contributed by atoms with Gasteiger partial charge in [-0.3, -0.25) is 4.79 Å². The van der Waals surface area contributed by atoms with Crippen molar-refractivity contribution < 1.29 is 4.79 Å². The predicted octanol–water partition coefficient (Wildman–Crippen LogP) is -0.0609. The van der Waals surface area contributed by atoms with Gasteiger partial charge < -0.3 is 11.5 Å². The molecule has 0 aromatic carbocycles. The molecule has 0 saturated carbocycles. The molecule has 4 N–H and O–H groups in total. The van der Waals surface area contributed by atoms with Crippen LogP contribution in [0.25, 0.3) is 0 Å². The van der Waals surface area contributed by atoms with Crippen LogP contribution >= 0.6 is 11.6 Å². The number of rotatable bonds is 1. The third kappa shape index (κ3) is 2.92. The highest BCUT2D eigenvalue weighted by Crippen LogP contribution is 2.10. The van der Waals surface area contributed by atoms with Gasteiger partial charge in [-0.05, 0) is 6.07 Å². The van der Waals surface area contributed by atoms with E-state index in [4.69, 9.17) is 23.1 Å². The number of nitrogens with zero attached hydrogens (tertiary/aromatic N) is 2. The zero-order valence-electron chi connectivity index (χ0n) is 7.12. The minimum Gasteiger partial charge on any atom is -0.381 e. The van der Waals surface area contributed by atoms with Crippen LogP contribution in [0.15, 0.2) is 6.07 Å². The Kier molecular flexibility index (Phi) is 3.26. The van der Waals surface area contributed by atoms with Gasteiger partial charge in [0, 0.05) is 0 Å². The average molecular weight is 211 g/mol. The van der Waals surface area contributed by atoms with E-state index < -0.39 is 5.91 Å². The Balaban J connectivity index is 2.88. The second kappa shape index (κ2) is 4.44. The van der Waals surface area contributed by atoms with E-state index in [1.807, 2.05) is 0 Å². The largest absolute Gasteiger partial charge is 0.381 e. The number of primary amides is 1. The molecule has 0 bridgehead atoms. The summed E-state index contributed by atoms with van der Waals surface area (Å²) in [6.07, 6.45) is -0.0284. The Bertz CT molecular complexity index is 421. The molecule has 0 aliphatic heterocycles. The molecule has 14 heavy (non-hydrogen) atoms. The van der Waals surface area contributed by atoms with Gasteiger partial charge in [0.25, 0.3) is 0 Å². The lowest BCUT2D eigenvalue weighted by Gasteiger charge is -1.94. The minimum absolute atomic E-state index is 0.0284. The van der Waals surface area contributed by atoms with Crippen LogP contribution in [-0.4, -0.2) is 16.1 Å². The molecule has 0 radical (unpaired) electrons. The van der Waals surface area contributed by atoms with E-state index in [0.29, 0.717) is 5.56 Å². The summed E-state index contributed by atoms with van der Waals surface area (Å²) in [6.45, 7) is 0. The topological polar surface area (TPSA) is 94.9 Å². The quantitative estimate of drug-likeness (QED) is 0.635. The SMILES string of the molecule is NC(=O)CC#Cc1cc(Cl)nnc1N. The summed E-state index contributed by atoms with van der Waals surface area (Å²) in [5, 5.41) is 7.26. The highest BCUT2D eigenvalue weighted by molar-refractivity contribution is 6.29. The molecule has 6 heteroatoms. The molecule has 1 heterocycles. The fourth-order valence-electron chi connectivity index (χ4n) is 0.704. The summed E-state index contributed by atoms with van der Waals surface area (Å²) in [5.74, 6) is 4.84. The lowest BCUT2D eigenvalue weighted by atomic mass is 10.2. The van der Waals surface area contributed by atoms with Crippen molar-refractivity contribution in [2.24, 2.45) is 5.73 Å². The molecule has 1 aromatic heterocycles. The van der Waals surface area contributed by atoms with Crippen molar-refractivity contribution in [1.29, 1.82) is 0 Å². The first kappa shape index (κ1) is 10.3. The second-order valence-corrected chi connectivity index (χ2v) is 2.80. The maximum Gasteiger partial charge on any atom is 0.229 e. The highest BCUT2D eigenvalue weighted by Gasteiger charge is 1.99. The normalized spacial score (nSPS) is 8.93. The fraction of sp³-hybridized carbons (Fsp3) is 0.125. The van der Waals surface area contributed by atoms with E-state index in [9.17, 15) is 4.79 Å². The Morgan fingerprint density at radius 3 is 2.93 bits per heavy atom. The third-order valence-corrected chi connectivity index (χ3v) is 1.46. The minimum atomic E-state index is -0.496. The molecule has 1 amide bonds. The number of nitrogen functional groups attached to an aromatic ring is 1. The highest BCUT2D eigenvalue weighted by atomic mass is 35.5. The van der Waals surface area contributed by atoms with Crippen molar-refractivity contribution in [1.82, 2.24) is 10.2 Å². The van der Waals surface area contributed by atoms with Gasteiger partial charge in [0.15, 0.2) is 11.0 Å². The Hall–Kier alpha value is -1.80. The van der Waals surface area contributed by atoms with E-state index >= 15 is 0 Å². The van der Waals surface area contributed by atoms with E-state index in [2.05, 4.69) is 22.0 Å². The van der Waals surface area contributed by atoms with Crippen LogP contribution in [0.3, 0.4) is 0 Å². The second-order valence-electron chi connectivity index (χ2n) is 2.41. The molecule has 0 aliphatic carbocycles. The zero-order chi connectivity index (χ0) is 10.6. The lowest BCUT2D eigenvalue weighted by Crippen LogP contribution is -2.08. The monoisotopic (exact) mass is 210 g/mol. The smallest absolute Gasteiger partial charge is 0.229 e. The zero-order valence-corrected chi connectivity index (χ0v) is 7.88. The number of halogens is 1. The first-order valence-electron chi connectivity index (χ1n) is 3.65. The van der Waals surface area contributed by atoms with Crippen LogP contribution in [0.5, 0.6) is 0 Å². The predicted molar refractivity (Wildman–Crippen MR) is 52.1 cm³/mol. The number of hydrogen-bond acceptors (Lipinski definition) is 4. The van der Waals surface area contributed by atoms with E-state index in [0.717, 1.165) is 0 Å². The number of amides is 1. The van der Waals surface area contributed by atoms with Gasteiger partial charge in [-0.1, -0.05) is 23.4 Å². The van der Waals surface area contributed by atoms with Crippen molar-refractivity contribution >= 4 is 23.3 Å². The third-order valence-electron chi connectivity index (χ3n) is 1.28. The molecule has 72 valence electrons. The van der Waals surface area contributed by atoms with Crippen LogP contribution < -0.4 is 11.5 Å². The summed E-state index contributed by atoms with van der Waals surface area (Å²) in [4.78, 5) is 10.4. The molecule has 0 spiro atoms. The molecule has 0 saturated heterocycles. The molecule has 1 rings (SSSR count). The van der Waals surface area contributed by atoms with Gasteiger partial charge in [-0.15, -0.1) is 10.2 Å². The Morgan fingerprint density at radius 1 is 1.57 bits per heavy atom. The maximum atomic E-state index is 10.4. The number of hydrogen-bond donors (Lipinski definition) is 2. The van der Waals surface area contributed by atoms with Gasteiger partial charge in [0.1, 0.15) is 0 Å². The van der Waals surface area contributed by atoms with E-state index in [1.165, 1.54) is 6.07 Å². The first-order valence-corrected chi connectivity index (χ1v) is 4.03. The van der Waals surface area contributed by atoms with E-state index in [-0.39, 0.29) is 17.4 Å². The molecule has 0 atom stereocenters. The van der Waals surface area contributed by atoms with Crippen LogP contribution in [0, 0.1) is 11.8 Å². The number of carbonyl (C=O) groups is 1. The first-order chi connectivity index (χ1) is 6.59. The van der Waals surface area contributed by atoms with Gasteiger partial charge in [-0.25, -0.2) is 0 Å². The lowest BCUT2D eigenvalue weighted by molar-refractivity contribution is -0.117. The van der Waals surface area contributed by atoms with Crippen molar-refractivity contribution in [3.05, 3.63) is 16.8 Å². The molecule has 1 aromatic rings. The van der Waals surface area contributed by atoms with Gasteiger partial charge in [-0.2, -0.15) is 0 Å². The summed E-state index contributed by atoms with van der Waals surface area (Å²) in [5.41, 5.74) is 10.8. The summed E-state index contributed by atoms with van der Waals surface area (Å²) in [7, 11) is 0.